The Morgan fingerprint density at radius 2 is 2.08 bits per heavy atom. The third-order valence-electron chi connectivity index (χ3n) is 3.97. The quantitative estimate of drug-likeness (QED) is 0.294. The zero-order chi connectivity index (χ0) is 17.9. The summed E-state index contributed by atoms with van der Waals surface area (Å²) in [6.07, 6.45) is 3.68. The predicted octanol–water partition coefficient (Wildman–Crippen LogP) is 2.48. The van der Waals surface area contributed by atoms with Gasteiger partial charge in [-0.2, -0.15) is 0 Å². The number of benzene rings is 1. The van der Waals surface area contributed by atoms with Crippen LogP contribution in [0.5, 0.6) is 5.75 Å². The van der Waals surface area contributed by atoms with Gasteiger partial charge in [-0.1, -0.05) is 18.2 Å². The molecule has 138 valence electrons. The van der Waals surface area contributed by atoms with Gasteiger partial charge in [-0.05, 0) is 38.2 Å². The van der Waals surface area contributed by atoms with Crippen LogP contribution < -0.4 is 15.4 Å². The monoisotopic (exact) mass is 347 g/mol. The number of carbonyl (C=O) groups is 1. The first-order valence-corrected chi connectivity index (χ1v) is 9.03. The van der Waals surface area contributed by atoms with Crippen molar-refractivity contribution >= 4 is 11.9 Å². The van der Waals surface area contributed by atoms with Gasteiger partial charge in [0, 0.05) is 32.1 Å². The van der Waals surface area contributed by atoms with Gasteiger partial charge < -0.3 is 20.1 Å². The van der Waals surface area contributed by atoms with Crippen molar-refractivity contribution in [2.24, 2.45) is 10.9 Å². The number of rotatable bonds is 10. The number of carbonyl (C=O) groups excluding carboxylic acids is 1. The van der Waals surface area contributed by atoms with Gasteiger partial charge in [-0.25, -0.2) is 0 Å². The lowest BCUT2D eigenvalue weighted by Gasteiger charge is -2.14. The molecule has 0 radical (unpaired) electrons. The Bertz CT molecular complexity index is 571. The molecule has 0 aromatic heterocycles. The first-order valence-electron chi connectivity index (χ1n) is 9.03. The number of ether oxygens (including phenoxy) is 2. The third-order valence-corrected chi connectivity index (χ3v) is 3.97. The van der Waals surface area contributed by atoms with Gasteiger partial charge in [0.05, 0.1) is 13.2 Å². The van der Waals surface area contributed by atoms with E-state index in [0.717, 1.165) is 23.8 Å². The number of aliphatic imine (C=N–C) groups is 1. The van der Waals surface area contributed by atoms with Gasteiger partial charge in [0.2, 0.25) is 0 Å². The smallest absolute Gasteiger partial charge is 0.305 e. The minimum atomic E-state index is -0.158. The van der Waals surface area contributed by atoms with E-state index >= 15 is 0 Å². The van der Waals surface area contributed by atoms with Crippen LogP contribution in [-0.2, 0) is 16.1 Å². The van der Waals surface area contributed by atoms with Crippen molar-refractivity contribution in [1.29, 1.82) is 0 Å². The lowest BCUT2D eigenvalue weighted by Crippen LogP contribution is -2.37. The first kappa shape index (κ1) is 19.1. The lowest BCUT2D eigenvalue weighted by atomic mass is 10.2. The third kappa shape index (κ3) is 7.45. The van der Waals surface area contributed by atoms with Crippen LogP contribution in [-0.4, -0.2) is 38.7 Å². The standard InChI is InChI=1S/C19H29N3O3/c1-3-24-18(23)9-6-12-21-19(20-2)22-13-16-7-4-5-8-17(16)25-14-15-10-11-15/h4-5,7-8,15H,3,6,9-14H2,1-2H3,(H2,20,21,22). The molecule has 0 bridgehead atoms. The van der Waals surface area contributed by atoms with Gasteiger partial charge >= 0.3 is 5.97 Å². The van der Waals surface area contributed by atoms with Crippen molar-refractivity contribution in [3.8, 4) is 5.75 Å². The zero-order valence-electron chi connectivity index (χ0n) is 15.2. The Morgan fingerprint density at radius 3 is 2.80 bits per heavy atom. The van der Waals surface area contributed by atoms with Crippen LogP contribution in [0.1, 0.15) is 38.2 Å². The lowest BCUT2D eigenvalue weighted by molar-refractivity contribution is -0.143. The molecule has 25 heavy (non-hydrogen) atoms. The molecule has 1 fully saturated rings. The molecule has 0 saturated heterocycles. The molecule has 0 heterocycles. The van der Waals surface area contributed by atoms with Crippen molar-refractivity contribution < 1.29 is 14.3 Å². The fraction of sp³-hybridized carbons (Fsp3) is 0.579. The summed E-state index contributed by atoms with van der Waals surface area (Å²) >= 11 is 0. The highest BCUT2D eigenvalue weighted by Crippen LogP contribution is 2.30. The molecule has 1 aliphatic carbocycles. The van der Waals surface area contributed by atoms with Gasteiger partial charge in [0.25, 0.3) is 0 Å². The number of hydrogen-bond acceptors (Lipinski definition) is 4. The van der Waals surface area contributed by atoms with E-state index < -0.39 is 0 Å². The summed E-state index contributed by atoms with van der Waals surface area (Å²) in [7, 11) is 1.73. The topological polar surface area (TPSA) is 72.0 Å². The summed E-state index contributed by atoms with van der Waals surface area (Å²) in [6.45, 7) is 4.35. The van der Waals surface area contributed by atoms with Crippen molar-refractivity contribution in [2.45, 2.75) is 39.2 Å². The number of nitrogens with zero attached hydrogens (tertiary/aromatic N) is 1. The maximum Gasteiger partial charge on any atom is 0.305 e. The molecule has 1 aliphatic rings. The van der Waals surface area contributed by atoms with Crippen molar-refractivity contribution in [1.82, 2.24) is 10.6 Å². The molecule has 1 aromatic carbocycles. The summed E-state index contributed by atoms with van der Waals surface area (Å²) in [5.74, 6) is 2.21. The number of para-hydroxylation sites is 1. The molecule has 0 unspecified atom stereocenters. The Morgan fingerprint density at radius 1 is 1.28 bits per heavy atom. The average Bonchev–Trinajstić information content (AvgIpc) is 3.45. The number of esters is 1. The zero-order valence-corrected chi connectivity index (χ0v) is 15.2. The van der Waals surface area contributed by atoms with Gasteiger partial charge in [0.1, 0.15) is 5.75 Å². The number of nitrogens with one attached hydrogen (secondary N) is 2. The van der Waals surface area contributed by atoms with Crippen LogP contribution in [0.4, 0.5) is 0 Å². The van der Waals surface area contributed by atoms with Gasteiger partial charge in [0.15, 0.2) is 5.96 Å². The van der Waals surface area contributed by atoms with Gasteiger partial charge in [-0.3, -0.25) is 9.79 Å². The average molecular weight is 347 g/mol. The van der Waals surface area contributed by atoms with E-state index in [9.17, 15) is 4.79 Å². The molecular weight excluding hydrogens is 318 g/mol. The minimum Gasteiger partial charge on any atom is -0.493 e. The molecule has 0 aliphatic heterocycles. The summed E-state index contributed by atoms with van der Waals surface area (Å²) in [4.78, 5) is 15.5. The fourth-order valence-corrected chi connectivity index (χ4v) is 2.36. The van der Waals surface area contributed by atoms with Crippen LogP contribution in [0.25, 0.3) is 0 Å². The molecule has 0 spiro atoms. The highest BCUT2D eigenvalue weighted by molar-refractivity contribution is 5.79. The fourth-order valence-electron chi connectivity index (χ4n) is 2.36. The number of hydrogen-bond donors (Lipinski definition) is 2. The molecule has 0 atom stereocenters. The molecule has 2 rings (SSSR count). The van der Waals surface area contributed by atoms with Crippen LogP contribution in [0.3, 0.4) is 0 Å². The Hall–Kier alpha value is -2.24. The predicted molar refractivity (Wildman–Crippen MR) is 98.7 cm³/mol. The number of guanidine groups is 1. The van der Waals surface area contributed by atoms with E-state index in [2.05, 4.69) is 21.7 Å². The van der Waals surface area contributed by atoms with Crippen LogP contribution in [0.15, 0.2) is 29.3 Å². The van der Waals surface area contributed by atoms with E-state index in [-0.39, 0.29) is 5.97 Å². The Balaban J connectivity index is 1.72. The van der Waals surface area contributed by atoms with E-state index in [1.54, 1.807) is 7.05 Å². The largest absolute Gasteiger partial charge is 0.493 e. The molecule has 2 N–H and O–H groups in total. The maximum atomic E-state index is 11.3. The van der Waals surface area contributed by atoms with E-state index in [1.807, 2.05) is 25.1 Å². The van der Waals surface area contributed by atoms with Crippen molar-refractivity contribution in [2.75, 3.05) is 26.8 Å². The molecule has 1 aromatic rings. The van der Waals surface area contributed by atoms with E-state index in [4.69, 9.17) is 9.47 Å². The second-order valence-corrected chi connectivity index (χ2v) is 6.12. The van der Waals surface area contributed by atoms with Crippen LogP contribution >= 0.6 is 0 Å². The summed E-state index contributed by atoms with van der Waals surface area (Å²) in [5, 5.41) is 6.49. The summed E-state index contributed by atoms with van der Waals surface area (Å²) in [6, 6.07) is 8.07. The van der Waals surface area contributed by atoms with Crippen LogP contribution in [0.2, 0.25) is 0 Å². The summed E-state index contributed by atoms with van der Waals surface area (Å²) in [5.41, 5.74) is 1.11. The molecule has 0 amide bonds. The molecule has 1 saturated carbocycles. The molecule has 6 nitrogen and oxygen atoms in total. The van der Waals surface area contributed by atoms with Crippen molar-refractivity contribution in [3.63, 3.8) is 0 Å². The summed E-state index contributed by atoms with van der Waals surface area (Å²) < 4.78 is 10.8. The first-order chi connectivity index (χ1) is 12.2. The van der Waals surface area contributed by atoms with E-state index in [0.29, 0.717) is 38.5 Å². The normalized spacial score (nSPS) is 14.1. The maximum absolute atomic E-state index is 11.3. The van der Waals surface area contributed by atoms with Crippen LogP contribution in [0, 0.1) is 5.92 Å². The Labute approximate surface area is 150 Å². The van der Waals surface area contributed by atoms with E-state index in [1.165, 1.54) is 12.8 Å². The molecular formula is C19H29N3O3. The van der Waals surface area contributed by atoms with Gasteiger partial charge in [-0.15, -0.1) is 0 Å². The molecule has 6 heteroatoms. The second-order valence-electron chi connectivity index (χ2n) is 6.12. The minimum absolute atomic E-state index is 0.158. The Kier molecular flexibility index (Phi) is 8.09. The highest BCUT2D eigenvalue weighted by atomic mass is 16.5. The van der Waals surface area contributed by atoms with Crippen molar-refractivity contribution in [3.05, 3.63) is 29.8 Å². The second kappa shape index (κ2) is 10.6. The SMILES string of the molecule is CCOC(=O)CCCNC(=NC)NCc1ccccc1OCC1CC1. The highest BCUT2D eigenvalue weighted by Gasteiger charge is 2.22.